The number of aliphatic hydroxyl groups excluding tert-OH is 1. The maximum absolute atomic E-state index is 12.1. The van der Waals surface area contributed by atoms with Crippen LogP contribution in [0, 0.1) is 0 Å². The van der Waals surface area contributed by atoms with E-state index in [0.29, 0.717) is 22.9 Å². The third-order valence-corrected chi connectivity index (χ3v) is 4.18. The maximum atomic E-state index is 12.1. The molecule has 0 aliphatic carbocycles. The van der Waals surface area contributed by atoms with E-state index in [1.54, 1.807) is 18.2 Å². The van der Waals surface area contributed by atoms with Gasteiger partial charge in [0.2, 0.25) is 6.79 Å². The Labute approximate surface area is 115 Å². The zero-order chi connectivity index (χ0) is 14.2. The number of rotatable bonds is 4. The average Bonchev–Trinajstić information content (AvgIpc) is 3.06. The molecule has 0 atom stereocenters. The molecular formula is C12H12N2O5S. The lowest BCUT2D eigenvalue weighted by Crippen LogP contribution is -2.12. The molecule has 3 rings (SSSR count). The Kier molecular flexibility index (Phi) is 3.03. The molecule has 106 valence electrons. The van der Waals surface area contributed by atoms with Crippen molar-refractivity contribution in [1.82, 2.24) is 4.98 Å². The summed E-state index contributed by atoms with van der Waals surface area (Å²) < 4.78 is 37.1. The number of aromatic nitrogens is 1. The van der Waals surface area contributed by atoms with Crippen LogP contribution in [-0.2, 0) is 16.6 Å². The second-order valence-corrected chi connectivity index (χ2v) is 5.87. The van der Waals surface area contributed by atoms with Crippen molar-refractivity contribution in [1.29, 1.82) is 0 Å². The smallest absolute Gasteiger partial charge is 0.263 e. The van der Waals surface area contributed by atoms with Crippen LogP contribution in [0.1, 0.15) is 5.69 Å². The zero-order valence-corrected chi connectivity index (χ0v) is 11.1. The molecule has 3 N–H and O–H groups in total. The first-order valence-electron chi connectivity index (χ1n) is 5.79. The number of nitrogens with one attached hydrogen (secondary N) is 2. The summed E-state index contributed by atoms with van der Waals surface area (Å²) in [6, 6.07) is 6.15. The molecule has 1 aliphatic rings. The maximum Gasteiger partial charge on any atom is 0.263 e. The SMILES string of the molecule is O=S(=O)(Nc1ccc2c(c1)OCO2)c1c[nH]c(CO)c1. The predicted octanol–water partition coefficient (Wildman–Crippen LogP) is 1.04. The number of H-pyrrole nitrogens is 1. The average molecular weight is 296 g/mol. The van der Waals surface area contributed by atoms with E-state index in [4.69, 9.17) is 14.6 Å². The normalized spacial score (nSPS) is 13.4. The van der Waals surface area contributed by atoms with Gasteiger partial charge >= 0.3 is 0 Å². The molecule has 7 nitrogen and oxygen atoms in total. The van der Waals surface area contributed by atoms with Gasteiger partial charge in [0.05, 0.1) is 12.3 Å². The number of fused-ring (bicyclic) bond motifs is 1. The highest BCUT2D eigenvalue weighted by Crippen LogP contribution is 2.34. The fourth-order valence-corrected chi connectivity index (χ4v) is 2.91. The van der Waals surface area contributed by atoms with Crippen LogP contribution in [0.25, 0.3) is 0 Å². The van der Waals surface area contributed by atoms with Gasteiger partial charge in [0, 0.05) is 18.0 Å². The van der Waals surface area contributed by atoms with Crippen LogP contribution >= 0.6 is 0 Å². The fraction of sp³-hybridized carbons (Fsp3) is 0.167. The zero-order valence-electron chi connectivity index (χ0n) is 10.3. The van der Waals surface area contributed by atoms with Crippen molar-refractivity contribution in [3.05, 3.63) is 36.2 Å². The molecule has 0 saturated carbocycles. The molecule has 0 fully saturated rings. The summed E-state index contributed by atoms with van der Waals surface area (Å²) in [6.07, 6.45) is 1.32. The van der Waals surface area contributed by atoms with Gasteiger partial charge in [-0.1, -0.05) is 0 Å². The molecule has 0 amide bonds. The molecule has 0 radical (unpaired) electrons. The van der Waals surface area contributed by atoms with Crippen molar-refractivity contribution in [2.45, 2.75) is 11.5 Å². The van der Waals surface area contributed by atoms with E-state index in [-0.39, 0.29) is 18.3 Å². The first-order valence-corrected chi connectivity index (χ1v) is 7.27. The number of ether oxygens (including phenoxy) is 2. The topological polar surface area (TPSA) is 101 Å². The third-order valence-electron chi connectivity index (χ3n) is 2.82. The van der Waals surface area contributed by atoms with Crippen LogP contribution in [-0.4, -0.2) is 25.3 Å². The number of benzene rings is 1. The Morgan fingerprint density at radius 2 is 2.05 bits per heavy atom. The van der Waals surface area contributed by atoms with E-state index in [9.17, 15) is 8.42 Å². The van der Waals surface area contributed by atoms with Crippen molar-refractivity contribution in [2.75, 3.05) is 11.5 Å². The second-order valence-electron chi connectivity index (χ2n) is 4.19. The Bertz CT molecular complexity index is 738. The summed E-state index contributed by atoms with van der Waals surface area (Å²) in [5, 5.41) is 8.94. The van der Waals surface area contributed by atoms with E-state index in [0.717, 1.165) is 0 Å². The minimum atomic E-state index is -3.71. The summed E-state index contributed by atoms with van der Waals surface area (Å²) in [4.78, 5) is 2.73. The highest BCUT2D eigenvalue weighted by molar-refractivity contribution is 7.92. The molecule has 2 heterocycles. The van der Waals surface area contributed by atoms with Gasteiger partial charge in [-0.3, -0.25) is 4.72 Å². The van der Waals surface area contributed by atoms with Gasteiger partial charge in [-0.25, -0.2) is 8.42 Å². The molecule has 0 unspecified atom stereocenters. The Hall–Kier alpha value is -2.19. The number of hydrogen-bond acceptors (Lipinski definition) is 5. The van der Waals surface area contributed by atoms with Crippen molar-refractivity contribution in [3.63, 3.8) is 0 Å². The van der Waals surface area contributed by atoms with Gasteiger partial charge in [-0.2, -0.15) is 0 Å². The number of aromatic amines is 1. The molecule has 1 aliphatic heterocycles. The van der Waals surface area contributed by atoms with E-state index in [1.807, 2.05) is 0 Å². The Morgan fingerprint density at radius 1 is 1.25 bits per heavy atom. The molecule has 2 aromatic rings. The summed E-state index contributed by atoms with van der Waals surface area (Å²) in [6.45, 7) is -0.122. The number of sulfonamides is 1. The molecule has 0 bridgehead atoms. The van der Waals surface area contributed by atoms with Crippen LogP contribution < -0.4 is 14.2 Å². The standard InChI is InChI=1S/C12H12N2O5S/c15-6-9-3-10(5-13-9)20(16,17)14-8-1-2-11-12(4-8)19-7-18-11/h1-5,13-15H,6-7H2. The fourth-order valence-electron chi connectivity index (χ4n) is 1.84. The van der Waals surface area contributed by atoms with E-state index in [2.05, 4.69) is 9.71 Å². The largest absolute Gasteiger partial charge is 0.454 e. The van der Waals surface area contributed by atoms with Gasteiger partial charge in [-0.05, 0) is 18.2 Å². The van der Waals surface area contributed by atoms with Gasteiger partial charge in [-0.15, -0.1) is 0 Å². The lowest BCUT2D eigenvalue weighted by atomic mass is 10.3. The molecule has 1 aromatic heterocycles. The Morgan fingerprint density at radius 3 is 2.80 bits per heavy atom. The summed E-state index contributed by atoms with van der Waals surface area (Å²) in [7, 11) is -3.71. The first-order chi connectivity index (χ1) is 9.58. The van der Waals surface area contributed by atoms with Crippen LogP contribution in [0.2, 0.25) is 0 Å². The molecular weight excluding hydrogens is 284 g/mol. The minimum absolute atomic E-state index is 0.0548. The lowest BCUT2D eigenvalue weighted by Gasteiger charge is -2.07. The van der Waals surface area contributed by atoms with Gasteiger partial charge < -0.3 is 19.6 Å². The number of aliphatic hydroxyl groups is 1. The highest BCUT2D eigenvalue weighted by atomic mass is 32.2. The first kappa shape index (κ1) is 12.8. The molecule has 0 saturated heterocycles. The van der Waals surface area contributed by atoms with Crippen LogP contribution in [0.5, 0.6) is 11.5 Å². The van der Waals surface area contributed by atoms with E-state index in [1.165, 1.54) is 12.3 Å². The summed E-state index contributed by atoms with van der Waals surface area (Å²) in [5.41, 5.74) is 0.803. The van der Waals surface area contributed by atoms with Crippen molar-refractivity contribution < 1.29 is 23.0 Å². The van der Waals surface area contributed by atoms with E-state index < -0.39 is 10.0 Å². The van der Waals surface area contributed by atoms with Crippen molar-refractivity contribution in [2.24, 2.45) is 0 Å². The van der Waals surface area contributed by atoms with Gasteiger partial charge in [0.25, 0.3) is 10.0 Å². The minimum Gasteiger partial charge on any atom is -0.454 e. The molecule has 20 heavy (non-hydrogen) atoms. The summed E-state index contributed by atoms with van der Waals surface area (Å²) in [5.74, 6) is 1.08. The predicted molar refractivity (Wildman–Crippen MR) is 70.1 cm³/mol. The van der Waals surface area contributed by atoms with Crippen LogP contribution in [0.3, 0.4) is 0 Å². The van der Waals surface area contributed by atoms with Crippen LogP contribution in [0.4, 0.5) is 5.69 Å². The number of hydrogen-bond donors (Lipinski definition) is 3. The van der Waals surface area contributed by atoms with Gasteiger partial charge in [0.15, 0.2) is 11.5 Å². The van der Waals surface area contributed by atoms with Gasteiger partial charge in [0.1, 0.15) is 4.90 Å². The molecule has 1 aromatic carbocycles. The summed E-state index contributed by atoms with van der Waals surface area (Å²) >= 11 is 0. The highest BCUT2D eigenvalue weighted by Gasteiger charge is 2.19. The molecule has 0 spiro atoms. The second kappa shape index (κ2) is 4.73. The Balaban J connectivity index is 1.86. The lowest BCUT2D eigenvalue weighted by molar-refractivity contribution is 0.174. The number of anilines is 1. The van der Waals surface area contributed by atoms with E-state index >= 15 is 0 Å². The quantitative estimate of drug-likeness (QED) is 0.782. The van der Waals surface area contributed by atoms with Crippen molar-refractivity contribution in [3.8, 4) is 11.5 Å². The van der Waals surface area contributed by atoms with Crippen LogP contribution in [0.15, 0.2) is 35.4 Å². The van der Waals surface area contributed by atoms with Crippen molar-refractivity contribution >= 4 is 15.7 Å². The third kappa shape index (κ3) is 2.30. The monoisotopic (exact) mass is 296 g/mol. The molecule has 8 heteroatoms.